The van der Waals surface area contributed by atoms with Crippen molar-refractivity contribution in [3.63, 3.8) is 0 Å². The van der Waals surface area contributed by atoms with Crippen molar-refractivity contribution in [3.05, 3.63) is 65.5 Å². The van der Waals surface area contributed by atoms with Crippen molar-refractivity contribution in [3.8, 4) is 11.6 Å². The lowest BCUT2D eigenvalue weighted by Crippen LogP contribution is -2.28. The van der Waals surface area contributed by atoms with Gasteiger partial charge in [-0.2, -0.15) is 5.10 Å². The summed E-state index contributed by atoms with van der Waals surface area (Å²) in [6.45, 7) is 1.84. The third kappa shape index (κ3) is 4.57. The number of hydrogen-bond donors (Lipinski definition) is 2. The Kier molecular flexibility index (Phi) is 5.30. The first kappa shape index (κ1) is 18.3. The highest BCUT2D eigenvalue weighted by Crippen LogP contribution is 2.26. The Morgan fingerprint density at radius 3 is 2.81 bits per heavy atom. The van der Waals surface area contributed by atoms with E-state index in [0.29, 0.717) is 17.1 Å². The van der Waals surface area contributed by atoms with Crippen LogP contribution >= 0.6 is 0 Å². The number of carbonyl (C=O) groups is 1. The average Bonchev–Trinajstić information content (AvgIpc) is 2.93. The number of aryl methyl sites for hydroxylation is 1. The fourth-order valence-corrected chi connectivity index (χ4v) is 2.39. The Morgan fingerprint density at radius 1 is 1.30 bits per heavy atom. The van der Waals surface area contributed by atoms with Crippen molar-refractivity contribution in [2.24, 2.45) is 0 Å². The average molecular weight is 373 g/mol. The zero-order chi connectivity index (χ0) is 19.4. The fraction of sp³-hybridized carbons (Fsp3) is 0.167. The van der Waals surface area contributed by atoms with Crippen LogP contribution in [0.1, 0.15) is 11.3 Å². The first-order valence-corrected chi connectivity index (χ1v) is 8.06. The van der Waals surface area contributed by atoms with Crippen LogP contribution in [0.5, 0.6) is 11.6 Å². The van der Waals surface area contributed by atoms with Crippen molar-refractivity contribution in [1.82, 2.24) is 20.1 Å². The molecule has 7 nitrogen and oxygen atoms in total. The van der Waals surface area contributed by atoms with Crippen LogP contribution in [0.2, 0.25) is 0 Å². The van der Waals surface area contributed by atoms with E-state index < -0.39 is 11.6 Å². The molecule has 2 aromatic heterocycles. The van der Waals surface area contributed by atoms with Crippen molar-refractivity contribution in [2.75, 3.05) is 5.73 Å². The lowest BCUT2D eigenvalue weighted by Gasteiger charge is -2.11. The smallest absolute Gasteiger partial charge is 0.242 e. The second-order valence-corrected chi connectivity index (χ2v) is 5.79. The number of nitrogens with zero attached hydrogens (tertiary/aromatic N) is 3. The van der Waals surface area contributed by atoms with E-state index in [0.717, 1.165) is 12.1 Å². The summed E-state index contributed by atoms with van der Waals surface area (Å²) in [5.74, 6) is -1.53. The molecule has 3 aromatic rings. The lowest BCUT2D eigenvalue weighted by molar-refractivity contribution is -0.122. The van der Waals surface area contributed by atoms with Gasteiger partial charge in [-0.1, -0.05) is 6.07 Å². The summed E-state index contributed by atoms with van der Waals surface area (Å²) in [4.78, 5) is 16.2. The van der Waals surface area contributed by atoms with Gasteiger partial charge in [-0.15, -0.1) is 0 Å². The minimum Gasteiger partial charge on any atom is -0.436 e. The number of ether oxygens (including phenoxy) is 1. The molecule has 0 saturated heterocycles. The Labute approximate surface area is 153 Å². The molecule has 0 radical (unpaired) electrons. The molecular weight excluding hydrogens is 356 g/mol. The van der Waals surface area contributed by atoms with Crippen molar-refractivity contribution in [2.45, 2.75) is 20.0 Å². The second-order valence-electron chi connectivity index (χ2n) is 5.79. The maximum Gasteiger partial charge on any atom is 0.242 e. The van der Waals surface area contributed by atoms with Crippen LogP contribution in [0.15, 0.2) is 42.6 Å². The molecule has 0 aliphatic rings. The van der Waals surface area contributed by atoms with Gasteiger partial charge in [-0.05, 0) is 25.1 Å². The maximum atomic E-state index is 13.8. The minimum atomic E-state index is -0.847. The number of halogens is 2. The molecule has 0 saturated carbocycles. The number of aromatic nitrogens is 3. The molecule has 2 heterocycles. The van der Waals surface area contributed by atoms with Crippen LogP contribution in [0, 0.1) is 18.6 Å². The molecular formula is C18H17F2N5O2. The van der Waals surface area contributed by atoms with E-state index in [1.807, 2.05) is 0 Å². The SMILES string of the molecule is Cc1cc(N)n(CC(=O)NCc2cccnc2Oc2ccc(F)cc2F)n1. The number of nitrogens with one attached hydrogen (secondary N) is 1. The van der Waals surface area contributed by atoms with Gasteiger partial charge in [-0.3, -0.25) is 4.79 Å². The van der Waals surface area contributed by atoms with Gasteiger partial charge in [0.2, 0.25) is 11.8 Å². The number of nitrogens with two attached hydrogens (primary N) is 1. The zero-order valence-corrected chi connectivity index (χ0v) is 14.4. The van der Waals surface area contributed by atoms with Gasteiger partial charge >= 0.3 is 0 Å². The monoisotopic (exact) mass is 373 g/mol. The van der Waals surface area contributed by atoms with Gasteiger partial charge in [0.25, 0.3) is 0 Å². The Morgan fingerprint density at radius 2 is 2.11 bits per heavy atom. The molecule has 1 aromatic carbocycles. The van der Waals surface area contributed by atoms with E-state index in [1.54, 1.807) is 25.1 Å². The molecule has 1 amide bonds. The molecule has 0 fully saturated rings. The van der Waals surface area contributed by atoms with Gasteiger partial charge in [0.05, 0.1) is 5.69 Å². The lowest BCUT2D eigenvalue weighted by atomic mass is 10.2. The van der Waals surface area contributed by atoms with Gasteiger partial charge in [0, 0.05) is 30.4 Å². The predicted molar refractivity (Wildman–Crippen MR) is 93.9 cm³/mol. The van der Waals surface area contributed by atoms with E-state index >= 15 is 0 Å². The number of carbonyl (C=O) groups excluding carboxylic acids is 1. The molecule has 3 N–H and O–H groups in total. The van der Waals surface area contributed by atoms with Crippen molar-refractivity contribution >= 4 is 11.7 Å². The first-order valence-electron chi connectivity index (χ1n) is 8.06. The standard InChI is InChI=1S/C18H17F2N5O2/c1-11-7-16(21)25(24-11)10-17(26)23-9-12-3-2-6-22-18(12)27-15-5-4-13(19)8-14(15)20/h2-8H,9-10,21H2,1H3,(H,23,26). The van der Waals surface area contributed by atoms with E-state index in [1.165, 1.54) is 16.9 Å². The highest BCUT2D eigenvalue weighted by Gasteiger charge is 2.12. The molecule has 3 rings (SSSR count). The van der Waals surface area contributed by atoms with Gasteiger partial charge in [0.1, 0.15) is 18.2 Å². The summed E-state index contributed by atoms with van der Waals surface area (Å²) in [7, 11) is 0. The van der Waals surface area contributed by atoms with Crippen LogP contribution in [0.3, 0.4) is 0 Å². The molecule has 0 bridgehead atoms. The summed E-state index contributed by atoms with van der Waals surface area (Å²) in [6, 6.07) is 7.97. The molecule has 27 heavy (non-hydrogen) atoms. The van der Waals surface area contributed by atoms with Gasteiger partial charge < -0.3 is 15.8 Å². The van der Waals surface area contributed by atoms with Crippen LogP contribution in [0.4, 0.5) is 14.6 Å². The van der Waals surface area contributed by atoms with Crippen molar-refractivity contribution in [1.29, 1.82) is 0 Å². The Bertz CT molecular complexity index is 974. The Hall–Kier alpha value is -3.49. The van der Waals surface area contributed by atoms with E-state index in [-0.39, 0.29) is 30.6 Å². The number of nitrogen functional groups attached to an aromatic ring is 1. The summed E-state index contributed by atoms with van der Waals surface area (Å²) in [5, 5.41) is 6.82. The molecule has 140 valence electrons. The highest BCUT2D eigenvalue weighted by atomic mass is 19.1. The van der Waals surface area contributed by atoms with E-state index in [4.69, 9.17) is 10.5 Å². The van der Waals surface area contributed by atoms with E-state index in [2.05, 4.69) is 15.4 Å². The zero-order valence-electron chi connectivity index (χ0n) is 14.4. The fourth-order valence-electron chi connectivity index (χ4n) is 2.39. The van der Waals surface area contributed by atoms with Crippen LogP contribution in [-0.4, -0.2) is 20.7 Å². The van der Waals surface area contributed by atoms with Crippen LogP contribution in [0.25, 0.3) is 0 Å². The van der Waals surface area contributed by atoms with Gasteiger partial charge in [-0.25, -0.2) is 18.4 Å². The number of benzene rings is 1. The number of pyridine rings is 1. The summed E-state index contributed by atoms with van der Waals surface area (Å²) >= 11 is 0. The highest BCUT2D eigenvalue weighted by molar-refractivity contribution is 5.76. The third-order valence-electron chi connectivity index (χ3n) is 3.65. The third-order valence-corrected chi connectivity index (χ3v) is 3.65. The molecule has 0 unspecified atom stereocenters. The molecule has 0 aliphatic heterocycles. The number of amides is 1. The topological polar surface area (TPSA) is 95.1 Å². The number of hydrogen-bond acceptors (Lipinski definition) is 5. The molecule has 0 atom stereocenters. The number of anilines is 1. The predicted octanol–water partition coefficient (Wildman–Crippen LogP) is 2.56. The largest absolute Gasteiger partial charge is 0.436 e. The van der Waals surface area contributed by atoms with Gasteiger partial charge in [0.15, 0.2) is 11.6 Å². The van der Waals surface area contributed by atoms with E-state index in [9.17, 15) is 13.6 Å². The second kappa shape index (κ2) is 7.81. The molecule has 0 aliphatic carbocycles. The first-order chi connectivity index (χ1) is 12.9. The van der Waals surface area contributed by atoms with Crippen LogP contribution < -0.4 is 15.8 Å². The molecule has 9 heteroatoms. The van der Waals surface area contributed by atoms with Crippen LogP contribution in [-0.2, 0) is 17.9 Å². The summed E-state index contributed by atoms with van der Waals surface area (Å²) < 4.78 is 33.6. The normalized spacial score (nSPS) is 10.6. The maximum absolute atomic E-state index is 13.8. The number of rotatable bonds is 6. The molecule has 0 spiro atoms. The minimum absolute atomic E-state index is 0.0390. The Balaban J connectivity index is 1.67. The van der Waals surface area contributed by atoms with Crippen molar-refractivity contribution < 1.29 is 18.3 Å². The summed E-state index contributed by atoms with van der Waals surface area (Å²) in [6.07, 6.45) is 1.47. The quantitative estimate of drug-likeness (QED) is 0.692. The summed E-state index contributed by atoms with van der Waals surface area (Å²) in [5.41, 5.74) is 7.00.